The van der Waals surface area contributed by atoms with Crippen molar-refractivity contribution in [3.8, 4) is 11.1 Å². The number of rotatable bonds is 8. The second-order valence-corrected chi connectivity index (χ2v) is 7.96. The van der Waals surface area contributed by atoms with Crippen molar-refractivity contribution in [1.82, 2.24) is 0 Å². The Morgan fingerprint density at radius 2 is 1.56 bits per heavy atom. The first kappa shape index (κ1) is 19.9. The lowest BCUT2D eigenvalue weighted by molar-refractivity contribution is 0.0936. The van der Waals surface area contributed by atoms with Crippen LogP contribution >= 0.6 is 0 Å². The predicted molar refractivity (Wildman–Crippen MR) is 116 cm³/mol. The Labute approximate surface area is 165 Å². The van der Waals surface area contributed by atoms with Crippen LogP contribution in [0.5, 0.6) is 0 Å². The molecular weight excluding hydrogens is 328 g/mol. The van der Waals surface area contributed by atoms with E-state index in [1.807, 2.05) is 7.11 Å². The molecule has 144 valence electrons. The van der Waals surface area contributed by atoms with Crippen LogP contribution in [0.15, 0.2) is 61.2 Å². The minimum atomic E-state index is 0.215. The molecule has 3 rings (SSSR count). The molecular formula is C26H34O. The smallest absolute Gasteiger partial charge is 0.0821 e. The summed E-state index contributed by atoms with van der Waals surface area (Å²) >= 11 is 0. The zero-order chi connectivity index (χ0) is 19.1. The summed E-state index contributed by atoms with van der Waals surface area (Å²) in [6, 6.07) is 18.2. The Bertz CT molecular complexity index is 690. The highest BCUT2D eigenvalue weighted by atomic mass is 16.5. The van der Waals surface area contributed by atoms with Gasteiger partial charge in [0.1, 0.15) is 0 Å². The number of hydrogen-bond acceptors (Lipinski definition) is 1. The third kappa shape index (κ3) is 5.11. The first-order chi connectivity index (χ1) is 13.2. The van der Waals surface area contributed by atoms with Gasteiger partial charge in [0, 0.05) is 7.11 Å². The van der Waals surface area contributed by atoms with Crippen LogP contribution in [-0.2, 0) is 4.74 Å². The van der Waals surface area contributed by atoms with Gasteiger partial charge >= 0.3 is 0 Å². The molecule has 1 saturated carbocycles. The van der Waals surface area contributed by atoms with Crippen molar-refractivity contribution in [2.45, 2.75) is 63.9 Å². The highest BCUT2D eigenvalue weighted by Crippen LogP contribution is 2.37. The molecule has 1 heteroatoms. The highest BCUT2D eigenvalue weighted by Gasteiger charge is 2.20. The van der Waals surface area contributed by atoms with Crippen LogP contribution in [0.1, 0.15) is 75.0 Å². The monoisotopic (exact) mass is 362 g/mol. The molecule has 2 aromatic carbocycles. The van der Waals surface area contributed by atoms with Gasteiger partial charge < -0.3 is 4.74 Å². The summed E-state index contributed by atoms with van der Waals surface area (Å²) in [6.07, 6.45) is 11.0. The van der Waals surface area contributed by atoms with Crippen LogP contribution in [0.4, 0.5) is 0 Å². The zero-order valence-corrected chi connectivity index (χ0v) is 17.0. The maximum atomic E-state index is 5.68. The lowest BCUT2D eigenvalue weighted by Gasteiger charge is -2.27. The number of allylic oxidation sites excluding steroid dienone is 1. The van der Waals surface area contributed by atoms with Gasteiger partial charge in [0.05, 0.1) is 6.10 Å². The lowest BCUT2D eigenvalue weighted by Crippen LogP contribution is -2.11. The maximum absolute atomic E-state index is 5.68. The molecule has 0 bridgehead atoms. The third-order valence-corrected chi connectivity index (χ3v) is 6.21. The average Bonchev–Trinajstić information content (AvgIpc) is 2.75. The number of ether oxygens (including phenoxy) is 1. The SMILES string of the molecule is C=CC1CCC(c2ccc(-c3ccc(C(CCCC)OC)cc3)cc2)CC1. The number of benzene rings is 2. The van der Waals surface area contributed by atoms with E-state index < -0.39 is 0 Å². The Kier molecular flexibility index (Phi) is 7.29. The molecule has 0 spiro atoms. The Balaban J connectivity index is 1.65. The zero-order valence-electron chi connectivity index (χ0n) is 17.0. The van der Waals surface area contributed by atoms with Crippen molar-refractivity contribution < 1.29 is 4.74 Å². The molecule has 1 aliphatic carbocycles. The molecule has 27 heavy (non-hydrogen) atoms. The topological polar surface area (TPSA) is 9.23 Å². The molecule has 0 aliphatic heterocycles. The van der Waals surface area contributed by atoms with Crippen molar-refractivity contribution in [3.63, 3.8) is 0 Å². The van der Waals surface area contributed by atoms with Crippen molar-refractivity contribution in [2.75, 3.05) is 7.11 Å². The van der Waals surface area contributed by atoms with Gasteiger partial charge in [-0.15, -0.1) is 6.58 Å². The van der Waals surface area contributed by atoms with Gasteiger partial charge in [0.25, 0.3) is 0 Å². The minimum absolute atomic E-state index is 0.215. The van der Waals surface area contributed by atoms with Gasteiger partial charge in [-0.2, -0.15) is 0 Å². The van der Waals surface area contributed by atoms with Gasteiger partial charge in [-0.05, 0) is 66.2 Å². The number of methoxy groups -OCH3 is 1. The molecule has 0 radical (unpaired) electrons. The highest BCUT2D eigenvalue weighted by molar-refractivity contribution is 5.64. The van der Waals surface area contributed by atoms with E-state index in [2.05, 4.69) is 68.1 Å². The fourth-order valence-electron chi connectivity index (χ4n) is 4.34. The molecule has 0 amide bonds. The Morgan fingerprint density at radius 1 is 0.963 bits per heavy atom. The van der Waals surface area contributed by atoms with E-state index in [0.717, 1.165) is 18.3 Å². The summed E-state index contributed by atoms with van der Waals surface area (Å²) in [7, 11) is 1.81. The van der Waals surface area contributed by atoms with E-state index in [1.54, 1.807) is 0 Å². The fourth-order valence-corrected chi connectivity index (χ4v) is 4.34. The minimum Gasteiger partial charge on any atom is -0.377 e. The molecule has 0 heterocycles. The molecule has 0 N–H and O–H groups in total. The van der Waals surface area contributed by atoms with Crippen LogP contribution in [0.2, 0.25) is 0 Å². The van der Waals surface area contributed by atoms with Gasteiger partial charge in [-0.1, -0.05) is 74.4 Å². The first-order valence-electron chi connectivity index (χ1n) is 10.6. The molecule has 0 saturated heterocycles. The molecule has 1 aliphatic rings. The van der Waals surface area contributed by atoms with Crippen molar-refractivity contribution in [3.05, 3.63) is 72.3 Å². The van der Waals surface area contributed by atoms with Crippen molar-refractivity contribution in [2.24, 2.45) is 5.92 Å². The van der Waals surface area contributed by atoms with Crippen LogP contribution in [0.3, 0.4) is 0 Å². The summed E-state index contributed by atoms with van der Waals surface area (Å²) in [5.74, 6) is 1.45. The quantitative estimate of drug-likeness (QED) is 0.437. The Morgan fingerprint density at radius 3 is 2.07 bits per heavy atom. The second kappa shape index (κ2) is 9.90. The molecule has 1 unspecified atom stereocenters. The summed E-state index contributed by atoms with van der Waals surface area (Å²) in [5.41, 5.74) is 5.36. The van der Waals surface area contributed by atoms with E-state index >= 15 is 0 Å². The average molecular weight is 363 g/mol. The van der Waals surface area contributed by atoms with Crippen LogP contribution in [0.25, 0.3) is 11.1 Å². The van der Waals surface area contributed by atoms with E-state index in [9.17, 15) is 0 Å². The predicted octanol–water partition coefficient (Wildman–Crippen LogP) is 7.69. The second-order valence-electron chi connectivity index (χ2n) is 7.96. The largest absolute Gasteiger partial charge is 0.377 e. The number of hydrogen-bond donors (Lipinski definition) is 0. The molecule has 2 aromatic rings. The van der Waals surface area contributed by atoms with Gasteiger partial charge in [-0.25, -0.2) is 0 Å². The van der Waals surface area contributed by atoms with Gasteiger partial charge in [-0.3, -0.25) is 0 Å². The van der Waals surface area contributed by atoms with Crippen molar-refractivity contribution >= 4 is 0 Å². The fraction of sp³-hybridized carbons (Fsp3) is 0.462. The lowest BCUT2D eigenvalue weighted by atomic mass is 9.78. The van der Waals surface area contributed by atoms with E-state index in [0.29, 0.717) is 0 Å². The van der Waals surface area contributed by atoms with Crippen LogP contribution in [0, 0.1) is 5.92 Å². The van der Waals surface area contributed by atoms with E-state index in [-0.39, 0.29) is 6.10 Å². The summed E-state index contributed by atoms with van der Waals surface area (Å²) in [5, 5.41) is 0. The Hall–Kier alpha value is -1.86. The normalized spacial score (nSPS) is 21.0. The molecule has 1 nitrogen and oxygen atoms in total. The summed E-state index contributed by atoms with van der Waals surface area (Å²) in [4.78, 5) is 0. The number of unbranched alkanes of at least 4 members (excludes halogenated alkanes) is 1. The first-order valence-corrected chi connectivity index (χ1v) is 10.6. The summed E-state index contributed by atoms with van der Waals surface area (Å²) in [6.45, 7) is 6.18. The van der Waals surface area contributed by atoms with E-state index in [4.69, 9.17) is 4.74 Å². The molecule has 1 fully saturated rings. The maximum Gasteiger partial charge on any atom is 0.0821 e. The van der Waals surface area contributed by atoms with Gasteiger partial charge in [0.2, 0.25) is 0 Å². The van der Waals surface area contributed by atoms with Crippen LogP contribution in [-0.4, -0.2) is 7.11 Å². The molecule has 1 atom stereocenters. The van der Waals surface area contributed by atoms with Gasteiger partial charge in [0.15, 0.2) is 0 Å². The van der Waals surface area contributed by atoms with E-state index in [1.165, 1.54) is 60.8 Å². The van der Waals surface area contributed by atoms with Crippen molar-refractivity contribution in [1.29, 1.82) is 0 Å². The molecule has 0 aromatic heterocycles. The van der Waals surface area contributed by atoms with Crippen LogP contribution < -0.4 is 0 Å². The summed E-state index contributed by atoms with van der Waals surface area (Å²) < 4.78 is 5.68. The standard InChI is InChI=1S/C26H34O/c1-4-6-7-26(27-3)25-18-16-24(17-19-25)23-14-12-22(13-15-23)21-10-8-20(5-2)9-11-21/h5,12-21,26H,2,4,6-11H2,1,3H3. The third-order valence-electron chi connectivity index (χ3n) is 6.21.